The smallest absolute Gasteiger partial charge is 0.240 e. The maximum atomic E-state index is 11.3. The Balaban J connectivity index is 1.75. The van der Waals surface area contributed by atoms with E-state index >= 15 is 0 Å². The van der Waals surface area contributed by atoms with Gasteiger partial charge in [-0.25, -0.2) is 4.98 Å². The molecule has 1 aliphatic carbocycles. The third kappa shape index (κ3) is 2.78. The zero-order chi connectivity index (χ0) is 9.97. The highest BCUT2D eigenvalue weighted by atomic mass is 32.1. The van der Waals surface area contributed by atoms with Gasteiger partial charge in [0.1, 0.15) is 0 Å². The summed E-state index contributed by atoms with van der Waals surface area (Å²) in [5, 5.41) is 8.51. The summed E-state index contributed by atoms with van der Waals surface area (Å²) in [6.07, 6.45) is 2.40. The Bertz CT molecular complexity index is 333. The van der Waals surface area contributed by atoms with Crippen molar-refractivity contribution in [3.8, 4) is 0 Å². The first kappa shape index (κ1) is 9.61. The second kappa shape index (κ2) is 4.06. The predicted molar refractivity (Wildman–Crippen MR) is 56.5 cm³/mol. The van der Waals surface area contributed by atoms with Crippen molar-refractivity contribution in [2.45, 2.75) is 25.8 Å². The standard InChI is InChI=1S/C9H13N3OS/c1-6-5-14-9(11-6)12-8(13)4-10-7-2-3-7/h5,7,10H,2-4H2,1H3,(H,11,12,13). The second-order valence-electron chi connectivity index (χ2n) is 3.50. The van der Waals surface area contributed by atoms with Gasteiger partial charge < -0.3 is 10.6 Å². The number of hydrogen-bond donors (Lipinski definition) is 2. The molecule has 2 N–H and O–H groups in total. The molecule has 1 heterocycles. The van der Waals surface area contributed by atoms with Gasteiger partial charge in [-0.15, -0.1) is 11.3 Å². The molecule has 0 aliphatic heterocycles. The van der Waals surface area contributed by atoms with E-state index in [0.29, 0.717) is 17.7 Å². The van der Waals surface area contributed by atoms with E-state index in [0.717, 1.165) is 5.69 Å². The van der Waals surface area contributed by atoms with Crippen LogP contribution in [-0.4, -0.2) is 23.5 Å². The summed E-state index contributed by atoms with van der Waals surface area (Å²) in [4.78, 5) is 15.5. The minimum atomic E-state index is -0.00810. The van der Waals surface area contributed by atoms with E-state index in [1.807, 2.05) is 12.3 Å². The van der Waals surface area contributed by atoms with E-state index in [2.05, 4.69) is 15.6 Å². The maximum absolute atomic E-state index is 11.3. The molecule has 0 aromatic carbocycles. The molecule has 1 aliphatic rings. The van der Waals surface area contributed by atoms with Gasteiger partial charge in [0.2, 0.25) is 5.91 Å². The third-order valence-electron chi connectivity index (χ3n) is 1.99. The number of thiazole rings is 1. The summed E-state index contributed by atoms with van der Waals surface area (Å²) in [6, 6.07) is 0.568. The van der Waals surface area contributed by atoms with Crippen LogP contribution in [0.2, 0.25) is 0 Å². The fourth-order valence-electron chi connectivity index (χ4n) is 1.10. The van der Waals surface area contributed by atoms with Crippen LogP contribution in [0.25, 0.3) is 0 Å². The first-order chi connectivity index (χ1) is 6.74. The maximum Gasteiger partial charge on any atom is 0.240 e. The van der Waals surface area contributed by atoms with E-state index < -0.39 is 0 Å². The molecule has 76 valence electrons. The lowest BCUT2D eigenvalue weighted by atomic mass is 10.5. The fourth-order valence-corrected chi connectivity index (χ4v) is 1.80. The highest BCUT2D eigenvalue weighted by Crippen LogP contribution is 2.18. The van der Waals surface area contributed by atoms with Gasteiger partial charge in [-0.3, -0.25) is 4.79 Å². The predicted octanol–water partition coefficient (Wildman–Crippen LogP) is 1.14. The molecule has 5 heteroatoms. The molecule has 1 amide bonds. The first-order valence-corrected chi connectivity index (χ1v) is 5.57. The number of aromatic nitrogens is 1. The lowest BCUT2D eigenvalue weighted by Crippen LogP contribution is -2.29. The Hall–Kier alpha value is -0.940. The summed E-state index contributed by atoms with van der Waals surface area (Å²) in [7, 11) is 0. The normalized spacial score (nSPS) is 15.5. The summed E-state index contributed by atoms with van der Waals surface area (Å²) in [5.41, 5.74) is 0.945. The van der Waals surface area contributed by atoms with Crippen LogP contribution < -0.4 is 10.6 Å². The molecular formula is C9H13N3OS. The molecule has 0 radical (unpaired) electrons. The molecule has 1 saturated carbocycles. The Kier molecular flexibility index (Phi) is 2.79. The topological polar surface area (TPSA) is 54.0 Å². The number of nitrogens with one attached hydrogen (secondary N) is 2. The van der Waals surface area contributed by atoms with Crippen molar-refractivity contribution < 1.29 is 4.79 Å². The molecule has 1 fully saturated rings. The summed E-state index contributed by atoms with van der Waals surface area (Å²) in [6.45, 7) is 2.30. The van der Waals surface area contributed by atoms with Gasteiger partial charge in [-0.05, 0) is 19.8 Å². The van der Waals surface area contributed by atoms with Crippen LogP contribution in [-0.2, 0) is 4.79 Å². The van der Waals surface area contributed by atoms with Crippen molar-refractivity contribution in [2.24, 2.45) is 0 Å². The van der Waals surface area contributed by atoms with Crippen molar-refractivity contribution in [1.82, 2.24) is 10.3 Å². The molecule has 14 heavy (non-hydrogen) atoms. The Morgan fingerprint density at radius 1 is 1.71 bits per heavy atom. The van der Waals surface area contributed by atoms with Gasteiger partial charge in [-0.1, -0.05) is 0 Å². The number of aryl methyl sites for hydroxylation is 1. The molecule has 0 unspecified atom stereocenters. The number of hydrogen-bond acceptors (Lipinski definition) is 4. The molecule has 0 atom stereocenters. The van der Waals surface area contributed by atoms with Crippen molar-refractivity contribution in [1.29, 1.82) is 0 Å². The molecule has 1 aromatic heterocycles. The van der Waals surface area contributed by atoms with Crippen LogP contribution >= 0.6 is 11.3 Å². The highest BCUT2D eigenvalue weighted by Gasteiger charge is 2.21. The SMILES string of the molecule is Cc1csc(NC(=O)CNC2CC2)n1. The number of rotatable bonds is 4. The quantitative estimate of drug-likeness (QED) is 0.785. The third-order valence-corrected chi connectivity index (χ3v) is 2.87. The monoisotopic (exact) mass is 211 g/mol. The Morgan fingerprint density at radius 2 is 2.50 bits per heavy atom. The van der Waals surface area contributed by atoms with Crippen LogP contribution in [0, 0.1) is 6.92 Å². The van der Waals surface area contributed by atoms with Crippen LogP contribution in [0.5, 0.6) is 0 Å². The summed E-state index contributed by atoms with van der Waals surface area (Å²) < 4.78 is 0. The first-order valence-electron chi connectivity index (χ1n) is 4.69. The van der Waals surface area contributed by atoms with E-state index in [9.17, 15) is 4.79 Å². The van der Waals surface area contributed by atoms with Gasteiger partial charge in [-0.2, -0.15) is 0 Å². The Morgan fingerprint density at radius 3 is 3.07 bits per heavy atom. The van der Waals surface area contributed by atoms with Crippen LogP contribution in [0.3, 0.4) is 0 Å². The summed E-state index contributed by atoms with van der Waals surface area (Å²) >= 11 is 1.46. The van der Waals surface area contributed by atoms with Crippen LogP contribution in [0.4, 0.5) is 5.13 Å². The molecule has 1 aromatic rings. The van der Waals surface area contributed by atoms with Gasteiger partial charge in [0.25, 0.3) is 0 Å². The minimum absolute atomic E-state index is 0.00810. The van der Waals surface area contributed by atoms with Crippen LogP contribution in [0.1, 0.15) is 18.5 Å². The zero-order valence-electron chi connectivity index (χ0n) is 8.04. The van der Waals surface area contributed by atoms with E-state index in [1.54, 1.807) is 0 Å². The average Bonchev–Trinajstić information content (AvgIpc) is 2.88. The van der Waals surface area contributed by atoms with Crippen LogP contribution in [0.15, 0.2) is 5.38 Å². The largest absolute Gasteiger partial charge is 0.306 e. The number of anilines is 1. The molecule has 0 spiro atoms. The molecule has 0 bridgehead atoms. The minimum Gasteiger partial charge on any atom is -0.306 e. The Labute approximate surface area is 86.7 Å². The lowest BCUT2D eigenvalue weighted by Gasteiger charge is -2.01. The second-order valence-corrected chi connectivity index (χ2v) is 4.36. The lowest BCUT2D eigenvalue weighted by molar-refractivity contribution is -0.115. The molecule has 0 saturated heterocycles. The summed E-state index contributed by atoms with van der Waals surface area (Å²) in [5.74, 6) is -0.00810. The molecule has 4 nitrogen and oxygen atoms in total. The fraction of sp³-hybridized carbons (Fsp3) is 0.556. The van der Waals surface area contributed by atoms with Crippen molar-refractivity contribution in [3.05, 3.63) is 11.1 Å². The zero-order valence-corrected chi connectivity index (χ0v) is 8.86. The average molecular weight is 211 g/mol. The molecule has 2 rings (SSSR count). The number of carbonyl (C=O) groups is 1. The molecular weight excluding hydrogens is 198 g/mol. The number of nitrogens with zero attached hydrogens (tertiary/aromatic N) is 1. The van der Waals surface area contributed by atoms with Gasteiger partial charge in [0.15, 0.2) is 5.13 Å². The van der Waals surface area contributed by atoms with Crippen molar-refractivity contribution in [3.63, 3.8) is 0 Å². The highest BCUT2D eigenvalue weighted by molar-refractivity contribution is 7.13. The van der Waals surface area contributed by atoms with Crippen molar-refractivity contribution >= 4 is 22.4 Å². The van der Waals surface area contributed by atoms with Gasteiger partial charge >= 0.3 is 0 Å². The van der Waals surface area contributed by atoms with Gasteiger partial charge in [0.05, 0.1) is 12.2 Å². The number of amides is 1. The van der Waals surface area contributed by atoms with E-state index in [1.165, 1.54) is 24.2 Å². The van der Waals surface area contributed by atoms with Gasteiger partial charge in [0, 0.05) is 11.4 Å². The number of carbonyl (C=O) groups excluding carboxylic acids is 1. The van der Waals surface area contributed by atoms with E-state index in [4.69, 9.17) is 0 Å². The van der Waals surface area contributed by atoms with Crippen molar-refractivity contribution in [2.75, 3.05) is 11.9 Å². The van der Waals surface area contributed by atoms with E-state index in [-0.39, 0.29) is 5.91 Å².